The highest BCUT2D eigenvalue weighted by atomic mass is 32.2. The maximum atomic E-state index is 14.3. The zero-order valence-corrected chi connectivity index (χ0v) is 19.6. The number of nitrogens with one attached hydrogen (secondary N) is 1. The van der Waals surface area contributed by atoms with Gasteiger partial charge in [0.2, 0.25) is 15.6 Å². The van der Waals surface area contributed by atoms with Gasteiger partial charge in [-0.2, -0.15) is 0 Å². The third-order valence-corrected chi connectivity index (χ3v) is 6.25. The summed E-state index contributed by atoms with van der Waals surface area (Å²) in [6.45, 7) is 0. The minimum absolute atomic E-state index is 0.102. The van der Waals surface area contributed by atoms with E-state index in [1.54, 1.807) is 35.2 Å². The fourth-order valence-corrected chi connectivity index (χ4v) is 4.60. The first-order valence-corrected chi connectivity index (χ1v) is 12.5. The Bertz CT molecular complexity index is 1700. The van der Waals surface area contributed by atoms with E-state index in [9.17, 15) is 21.6 Å². The average Bonchev–Trinajstić information content (AvgIpc) is 3.31. The van der Waals surface area contributed by atoms with Crippen molar-refractivity contribution in [2.24, 2.45) is 10.7 Å². The van der Waals surface area contributed by atoms with Crippen LogP contribution < -0.4 is 26.1 Å². The number of rotatable bonds is 5. The Morgan fingerprint density at radius 1 is 1.00 bits per heavy atom. The van der Waals surface area contributed by atoms with Gasteiger partial charge in [-0.1, -0.05) is 30.3 Å². The molecule has 3 N–H and O–H groups in total. The molecule has 0 saturated heterocycles. The molecule has 0 bridgehead atoms. The lowest BCUT2D eigenvalue weighted by atomic mass is 10.0. The number of nitrogens with two attached hydrogens (primary N) is 1. The van der Waals surface area contributed by atoms with Crippen LogP contribution in [0.2, 0.25) is 0 Å². The van der Waals surface area contributed by atoms with E-state index < -0.39 is 33.6 Å². The van der Waals surface area contributed by atoms with Crippen LogP contribution in [-0.4, -0.2) is 14.7 Å². The third-order valence-electron chi connectivity index (χ3n) is 5.66. The molecule has 11 heteroatoms. The van der Waals surface area contributed by atoms with Gasteiger partial charge in [-0.3, -0.25) is 4.72 Å². The maximum Gasteiger partial charge on any atom is 0.229 e. The molecule has 1 aliphatic heterocycles. The smallest absolute Gasteiger partial charge is 0.229 e. The third kappa shape index (κ3) is 4.29. The molecule has 5 rings (SSSR count). The zero-order valence-electron chi connectivity index (χ0n) is 18.7. The van der Waals surface area contributed by atoms with Crippen molar-refractivity contribution < 1.29 is 26.0 Å². The van der Waals surface area contributed by atoms with E-state index in [2.05, 4.69) is 9.71 Å². The Kier molecular flexibility index (Phi) is 5.71. The molecule has 1 aromatic heterocycles. The summed E-state index contributed by atoms with van der Waals surface area (Å²) < 4.78 is 73.3. The molecule has 0 spiro atoms. The molecule has 0 fully saturated rings. The van der Waals surface area contributed by atoms with Crippen molar-refractivity contribution in [1.29, 1.82) is 0 Å². The first-order chi connectivity index (χ1) is 17.1. The molecular formula is C25H19F3N4O3S. The van der Waals surface area contributed by atoms with Crippen molar-refractivity contribution in [2.75, 3.05) is 15.9 Å². The second-order valence-electron chi connectivity index (χ2n) is 8.16. The predicted molar refractivity (Wildman–Crippen MR) is 129 cm³/mol. The van der Waals surface area contributed by atoms with Gasteiger partial charge in [0.25, 0.3) is 0 Å². The topological polar surface area (TPSA) is 101 Å². The van der Waals surface area contributed by atoms with E-state index >= 15 is 0 Å². The summed E-state index contributed by atoms with van der Waals surface area (Å²) in [5, 5.41) is 0.531. The number of furan rings is 1. The van der Waals surface area contributed by atoms with E-state index in [4.69, 9.17) is 10.2 Å². The van der Waals surface area contributed by atoms with Crippen LogP contribution in [0.15, 0.2) is 82.4 Å². The van der Waals surface area contributed by atoms with Crippen LogP contribution >= 0.6 is 0 Å². The van der Waals surface area contributed by atoms with Crippen molar-refractivity contribution >= 4 is 27.2 Å². The number of hydrogen-bond donors (Lipinski definition) is 2. The summed E-state index contributed by atoms with van der Waals surface area (Å²) in [5.74, 6) is -2.39. The maximum absolute atomic E-state index is 14.3. The minimum atomic E-state index is -3.74. The van der Waals surface area contributed by atoms with E-state index in [0.717, 1.165) is 18.4 Å². The quantitative estimate of drug-likeness (QED) is 0.426. The van der Waals surface area contributed by atoms with Crippen LogP contribution in [0.5, 0.6) is 0 Å². The molecule has 0 amide bonds. The second kappa shape index (κ2) is 8.76. The van der Waals surface area contributed by atoms with Crippen molar-refractivity contribution in [3.63, 3.8) is 0 Å². The van der Waals surface area contributed by atoms with Gasteiger partial charge in [-0.15, -0.1) is 0 Å². The van der Waals surface area contributed by atoms with Crippen LogP contribution in [0, 0.1) is 17.5 Å². The second-order valence-corrected chi connectivity index (χ2v) is 9.91. The summed E-state index contributed by atoms with van der Waals surface area (Å²) in [5.41, 5.74) is 8.03. The lowest BCUT2D eigenvalue weighted by Gasteiger charge is -2.33. The van der Waals surface area contributed by atoms with Crippen LogP contribution in [0.3, 0.4) is 0 Å². The summed E-state index contributed by atoms with van der Waals surface area (Å²) >= 11 is 0. The van der Waals surface area contributed by atoms with Crippen LogP contribution in [-0.2, 0) is 10.0 Å². The van der Waals surface area contributed by atoms with Crippen molar-refractivity contribution in [1.82, 2.24) is 0 Å². The highest BCUT2D eigenvalue weighted by Crippen LogP contribution is 2.35. The molecule has 1 atom stereocenters. The Hall–Kier alpha value is -4.25. The number of fused-ring (bicyclic) bond motifs is 1. The molecule has 7 nitrogen and oxygen atoms in total. The standard InChI is InChI=1S/C25H19F3N4O3S/c1-36(33,34)31-21-13-15(7-10-19(21)26)24-30-25-18(11-12-35-25)23(29)32(24)16-8-5-14(6-9-16)17-3-2-4-20(27)22(17)28/h2-13,24,31H,29H2,1H3. The number of halogens is 3. The van der Waals surface area contributed by atoms with Gasteiger partial charge in [-0.05, 0) is 47.5 Å². The number of sulfonamides is 1. The minimum Gasteiger partial charge on any atom is -0.446 e. The molecule has 0 aliphatic carbocycles. The fraction of sp³-hybridized carbons (Fsp3) is 0.0800. The van der Waals surface area contributed by atoms with Gasteiger partial charge >= 0.3 is 0 Å². The Morgan fingerprint density at radius 2 is 1.75 bits per heavy atom. The first kappa shape index (κ1) is 23.5. The summed E-state index contributed by atoms with van der Waals surface area (Å²) in [7, 11) is -3.74. The largest absolute Gasteiger partial charge is 0.446 e. The molecule has 2 heterocycles. The highest BCUT2D eigenvalue weighted by Gasteiger charge is 2.28. The van der Waals surface area contributed by atoms with Gasteiger partial charge in [0.15, 0.2) is 17.8 Å². The van der Waals surface area contributed by atoms with E-state index in [1.807, 2.05) is 0 Å². The van der Waals surface area contributed by atoms with Crippen LogP contribution in [0.25, 0.3) is 16.9 Å². The zero-order chi connectivity index (χ0) is 25.6. The molecule has 0 saturated carbocycles. The predicted octanol–water partition coefficient (Wildman–Crippen LogP) is 3.60. The van der Waals surface area contributed by atoms with Gasteiger partial charge in [-0.25, -0.2) is 26.6 Å². The van der Waals surface area contributed by atoms with E-state index in [1.165, 1.54) is 30.5 Å². The fourth-order valence-electron chi connectivity index (χ4n) is 4.04. The van der Waals surface area contributed by atoms with Gasteiger partial charge < -0.3 is 15.1 Å². The van der Waals surface area contributed by atoms with E-state index in [0.29, 0.717) is 22.0 Å². The average molecular weight is 513 g/mol. The van der Waals surface area contributed by atoms with Gasteiger partial charge in [0.05, 0.1) is 23.4 Å². The molecule has 3 aromatic carbocycles. The molecule has 1 unspecified atom stereocenters. The Morgan fingerprint density at radius 3 is 2.47 bits per heavy atom. The number of hydrogen-bond acceptors (Lipinski definition) is 6. The van der Waals surface area contributed by atoms with Crippen LogP contribution in [0.1, 0.15) is 11.7 Å². The van der Waals surface area contributed by atoms with Crippen LogP contribution in [0.4, 0.5) is 24.5 Å². The molecule has 36 heavy (non-hydrogen) atoms. The molecule has 184 valence electrons. The molecule has 4 aromatic rings. The molecule has 0 radical (unpaired) electrons. The van der Waals surface area contributed by atoms with Crippen molar-refractivity contribution in [2.45, 2.75) is 6.17 Å². The van der Waals surface area contributed by atoms with Gasteiger partial charge in [0.1, 0.15) is 11.6 Å². The lowest BCUT2D eigenvalue weighted by molar-refractivity contribution is 0.483. The number of nitrogens with zero attached hydrogens (tertiary/aromatic N) is 2. The molecular weight excluding hydrogens is 493 g/mol. The lowest BCUT2D eigenvalue weighted by Crippen LogP contribution is -2.43. The van der Waals surface area contributed by atoms with E-state index in [-0.39, 0.29) is 22.6 Å². The normalized spacial score (nSPS) is 15.4. The first-order valence-electron chi connectivity index (χ1n) is 10.6. The Balaban J connectivity index is 1.61. The Labute approximate surface area is 204 Å². The summed E-state index contributed by atoms with van der Waals surface area (Å²) in [6.07, 6.45) is 1.50. The van der Waals surface area contributed by atoms with Crippen molar-refractivity contribution in [3.05, 3.63) is 107 Å². The highest BCUT2D eigenvalue weighted by molar-refractivity contribution is 7.92. The van der Waals surface area contributed by atoms with Gasteiger partial charge in [0, 0.05) is 11.3 Å². The summed E-state index contributed by atoms with van der Waals surface area (Å²) in [4.78, 5) is 6.26. The van der Waals surface area contributed by atoms with Crippen molar-refractivity contribution in [3.8, 4) is 11.1 Å². The number of benzene rings is 3. The SMILES string of the molecule is CS(=O)(=O)Nc1cc(C2N=c3occc3=C(N)N2c2ccc(-c3cccc(F)c3F)cc2)ccc1F. The monoisotopic (exact) mass is 512 g/mol. The molecule has 1 aliphatic rings. The number of anilines is 2. The summed E-state index contributed by atoms with van der Waals surface area (Å²) in [6, 6.07) is 16.1.